The summed E-state index contributed by atoms with van der Waals surface area (Å²) in [4.78, 5) is 25.2. The fraction of sp³-hybridized carbons (Fsp3) is 0.278. The molecule has 0 unspecified atom stereocenters. The predicted octanol–water partition coefficient (Wildman–Crippen LogP) is 3.21. The van der Waals surface area contributed by atoms with E-state index in [0.717, 1.165) is 29.8 Å². The molecule has 0 fully saturated rings. The number of carbonyl (C=O) groups excluding carboxylic acids is 1. The summed E-state index contributed by atoms with van der Waals surface area (Å²) in [6, 6.07) is 11.1. The molecule has 1 aliphatic rings. The van der Waals surface area contributed by atoms with Crippen molar-refractivity contribution in [3.05, 3.63) is 63.2 Å². The van der Waals surface area contributed by atoms with E-state index in [1.807, 2.05) is 30.0 Å². The van der Waals surface area contributed by atoms with Gasteiger partial charge < -0.3 is 10.2 Å². The van der Waals surface area contributed by atoms with E-state index in [2.05, 4.69) is 11.4 Å². The molecule has 3 rings (SSSR count). The highest BCUT2D eigenvalue weighted by atomic mass is 16.6. The van der Waals surface area contributed by atoms with E-state index in [-0.39, 0.29) is 23.8 Å². The van der Waals surface area contributed by atoms with Gasteiger partial charge in [0.2, 0.25) is 5.91 Å². The third kappa shape index (κ3) is 2.95. The fourth-order valence-electron chi connectivity index (χ4n) is 3.03. The Balaban J connectivity index is 1.79. The number of para-hydroxylation sites is 1. The second-order valence-corrected chi connectivity index (χ2v) is 6.01. The number of hydrogen-bond acceptors (Lipinski definition) is 4. The van der Waals surface area contributed by atoms with Crippen LogP contribution in [-0.2, 0) is 11.2 Å². The zero-order valence-corrected chi connectivity index (χ0v) is 13.7. The molecule has 1 heterocycles. The van der Waals surface area contributed by atoms with E-state index in [0.29, 0.717) is 0 Å². The molecule has 1 aliphatic heterocycles. The van der Waals surface area contributed by atoms with Gasteiger partial charge >= 0.3 is 0 Å². The van der Waals surface area contributed by atoms with Crippen molar-refractivity contribution in [1.29, 1.82) is 0 Å². The molecule has 0 atom stereocenters. The topological polar surface area (TPSA) is 75.5 Å². The van der Waals surface area contributed by atoms with Gasteiger partial charge in [0.1, 0.15) is 5.69 Å². The van der Waals surface area contributed by atoms with Crippen LogP contribution in [0.25, 0.3) is 0 Å². The molecular formula is C18H19N3O3. The van der Waals surface area contributed by atoms with Gasteiger partial charge in [0.05, 0.1) is 11.5 Å². The molecule has 6 heteroatoms. The van der Waals surface area contributed by atoms with Crippen LogP contribution < -0.4 is 10.2 Å². The van der Waals surface area contributed by atoms with Crippen LogP contribution in [0.2, 0.25) is 0 Å². The van der Waals surface area contributed by atoms with Crippen LogP contribution in [0.1, 0.15) is 16.7 Å². The highest BCUT2D eigenvalue weighted by molar-refractivity contribution is 5.97. The average Bonchev–Trinajstić information content (AvgIpc) is 2.95. The summed E-state index contributed by atoms with van der Waals surface area (Å²) in [6.45, 7) is 4.61. The predicted molar refractivity (Wildman–Crippen MR) is 93.6 cm³/mol. The Morgan fingerprint density at radius 1 is 1.25 bits per heavy atom. The first-order valence-corrected chi connectivity index (χ1v) is 7.84. The van der Waals surface area contributed by atoms with Crippen molar-refractivity contribution < 1.29 is 9.72 Å². The molecule has 1 N–H and O–H groups in total. The number of benzene rings is 2. The van der Waals surface area contributed by atoms with Gasteiger partial charge in [-0.05, 0) is 43.0 Å². The zero-order valence-electron chi connectivity index (χ0n) is 13.7. The number of fused-ring (bicyclic) bond motifs is 1. The van der Waals surface area contributed by atoms with Gasteiger partial charge in [-0.2, -0.15) is 0 Å². The number of aryl methyl sites for hydroxylation is 1. The van der Waals surface area contributed by atoms with Crippen LogP contribution in [0.3, 0.4) is 0 Å². The van der Waals surface area contributed by atoms with Gasteiger partial charge in [-0.15, -0.1) is 0 Å². The maximum Gasteiger partial charge on any atom is 0.293 e. The van der Waals surface area contributed by atoms with Crippen molar-refractivity contribution in [3.8, 4) is 0 Å². The molecule has 0 aliphatic carbocycles. The van der Waals surface area contributed by atoms with Gasteiger partial charge in [0.15, 0.2) is 0 Å². The molecule has 24 heavy (non-hydrogen) atoms. The first-order chi connectivity index (χ1) is 11.5. The van der Waals surface area contributed by atoms with Crippen molar-refractivity contribution in [1.82, 2.24) is 0 Å². The number of nitrogens with one attached hydrogen (secondary N) is 1. The standard InChI is InChI=1S/C18H19N3O3/c1-12-7-8-16(21(23)24)18(13(12)2)19-17(22)11-20-10-9-14-5-3-4-6-15(14)20/h3-8H,9-11H2,1-2H3,(H,19,22). The summed E-state index contributed by atoms with van der Waals surface area (Å²) in [5.41, 5.74) is 4.12. The zero-order chi connectivity index (χ0) is 17.3. The second-order valence-electron chi connectivity index (χ2n) is 6.01. The van der Waals surface area contributed by atoms with Gasteiger partial charge in [-0.3, -0.25) is 14.9 Å². The van der Waals surface area contributed by atoms with Gasteiger partial charge in [-0.1, -0.05) is 24.3 Å². The van der Waals surface area contributed by atoms with Crippen LogP contribution in [0, 0.1) is 24.0 Å². The molecule has 0 saturated heterocycles. The van der Waals surface area contributed by atoms with Crippen molar-refractivity contribution in [2.45, 2.75) is 20.3 Å². The maximum atomic E-state index is 12.4. The number of nitro groups is 1. The quantitative estimate of drug-likeness (QED) is 0.692. The van der Waals surface area contributed by atoms with Crippen LogP contribution in [-0.4, -0.2) is 23.9 Å². The molecule has 1 amide bonds. The molecule has 2 aromatic carbocycles. The number of rotatable bonds is 4. The Hall–Kier alpha value is -2.89. The monoisotopic (exact) mass is 325 g/mol. The number of nitrogens with zero attached hydrogens (tertiary/aromatic N) is 2. The number of hydrogen-bond donors (Lipinski definition) is 1. The molecule has 0 bridgehead atoms. The molecule has 0 spiro atoms. The lowest BCUT2D eigenvalue weighted by atomic mass is 10.1. The number of carbonyl (C=O) groups is 1. The average molecular weight is 325 g/mol. The third-order valence-electron chi connectivity index (χ3n) is 4.49. The molecule has 6 nitrogen and oxygen atoms in total. The Labute approximate surface area is 140 Å². The summed E-state index contributed by atoms with van der Waals surface area (Å²) in [5.74, 6) is -0.247. The van der Waals surface area contributed by atoms with Crippen LogP contribution >= 0.6 is 0 Å². The van der Waals surface area contributed by atoms with E-state index < -0.39 is 4.92 Å². The first kappa shape index (κ1) is 16.0. The van der Waals surface area contributed by atoms with E-state index >= 15 is 0 Å². The summed E-state index contributed by atoms with van der Waals surface area (Å²) in [6.07, 6.45) is 0.910. The maximum absolute atomic E-state index is 12.4. The largest absolute Gasteiger partial charge is 0.362 e. The molecule has 2 aromatic rings. The fourth-order valence-corrected chi connectivity index (χ4v) is 3.03. The molecule has 0 saturated carbocycles. The van der Waals surface area contributed by atoms with Crippen molar-refractivity contribution in [2.75, 3.05) is 23.3 Å². The highest BCUT2D eigenvalue weighted by Gasteiger charge is 2.23. The summed E-state index contributed by atoms with van der Waals surface area (Å²) < 4.78 is 0. The SMILES string of the molecule is Cc1ccc([N+](=O)[O-])c(NC(=O)CN2CCc3ccccc32)c1C. The lowest BCUT2D eigenvalue weighted by Crippen LogP contribution is -2.32. The highest BCUT2D eigenvalue weighted by Crippen LogP contribution is 2.31. The number of amides is 1. The van der Waals surface area contributed by atoms with E-state index in [9.17, 15) is 14.9 Å². The lowest BCUT2D eigenvalue weighted by Gasteiger charge is -2.19. The number of anilines is 2. The Morgan fingerprint density at radius 3 is 2.75 bits per heavy atom. The second kappa shape index (κ2) is 6.31. The Morgan fingerprint density at radius 2 is 2.00 bits per heavy atom. The minimum atomic E-state index is -0.465. The van der Waals surface area contributed by atoms with Crippen molar-refractivity contribution in [3.63, 3.8) is 0 Å². The van der Waals surface area contributed by atoms with E-state index in [4.69, 9.17) is 0 Å². The Kier molecular flexibility index (Phi) is 4.20. The number of nitro benzene ring substituents is 1. The third-order valence-corrected chi connectivity index (χ3v) is 4.49. The van der Waals surface area contributed by atoms with E-state index in [1.54, 1.807) is 13.0 Å². The smallest absolute Gasteiger partial charge is 0.293 e. The van der Waals surface area contributed by atoms with Crippen LogP contribution in [0.4, 0.5) is 17.1 Å². The van der Waals surface area contributed by atoms with Crippen molar-refractivity contribution in [2.24, 2.45) is 0 Å². The normalized spacial score (nSPS) is 12.8. The summed E-state index contributed by atoms with van der Waals surface area (Å²) >= 11 is 0. The van der Waals surface area contributed by atoms with Gasteiger partial charge in [-0.25, -0.2) is 0 Å². The minimum Gasteiger partial charge on any atom is -0.362 e. The van der Waals surface area contributed by atoms with Crippen LogP contribution in [0.5, 0.6) is 0 Å². The van der Waals surface area contributed by atoms with Gasteiger partial charge in [0.25, 0.3) is 5.69 Å². The lowest BCUT2D eigenvalue weighted by molar-refractivity contribution is -0.384. The van der Waals surface area contributed by atoms with Crippen LogP contribution in [0.15, 0.2) is 36.4 Å². The van der Waals surface area contributed by atoms with Gasteiger partial charge in [0, 0.05) is 18.3 Å². The van der Waals surface area contributed by atoms with E-state index in [1.165, 1.54) is 11.6 Å². The first-order valence-electron chi connectivity index (χ1n) is 7.84. The molecule has 124 valence electrons. The van der Waals surface area contributed by atoms with Crippen molar-refractivity contribution >= 4 is 23.0 Å². The summed E-state index contributed by atoms with van der Waals surface area (Å²) in [7, 11) is 0. The molecule has 0 aromatic heterocycles. The summed E-state index contributed by atoms with van der Waals surface area (Å²) in [5, 5.41) is 14.0. The molecular weight excluding hydrogens is 306 g/mol. The minimum absolute atomic E-state index is 0.0757. The Bertz CT molecular complexity index is 817. The molecule has 0 radical (unpaired) electrons.